The molecule has 1 fully saturated rings. The number of hydrogen-bond acceptors (Lipinski definition) is 7. The topological polar surface area (TPSA) is 82.6 Å². The fraction of sp³-hybridized carbons (Fsp3) is 0.382. The van der Waals surface area contributed by atoms with Gasteiger partial charge in [-0.15, -0.1) is 0 Å². The van der Waals surface area contributed by atoms with Crippen LogP contribution >= 0.6 is 0 Å². The Morgan fingerprint density at radius 2 is 2.00 bits per heavy atom. The molecule has 226 valence electrons. The molecule has 1 atom stereocenters. The van der Waals surface area contributed by atoms with Crippen molar-refractivity contribution < 1.29 is 14.0 Å². The third-order valence-corrected chi connectivity index (χ3v) is 8.24. The first-order valence-electron chi connectivity index (χ1n) is 15.3. The van der Waals surface area contributed by atoms with Crippen LogP contribution in [0.25, 0.3) is 11.3 Å². The number of fused-ring (bicyclic) bond motifs is 7. The van der Waals surface area contributed by atoms with Gasteiger partial charge < -0.3 is 24.8 Å². The third-order valence-electron chi connectivity index (χ3n) is 8.24. The number of likely N-dealkylation sites (N-methyl/N-ethyl adjacent to an activating group) is 1. The summed E-state index contributed by atoms with van der Waals surface area (Å²) in [6.07, 6.45) is 8.57. The highest BCUT2D eigenvalue weighted by Gasteiger charge is 2.21. The van der Waals surface area contributed by atoms with Gasteiger partial charge >= 0.3 is 0 Å². The molecule has 0 saturated carbocycles. The number of anilines is 3. The Bertz CT molecular complexity index is 1430. The zero-order chi connectivity index (χ0) is 30.1. The lowest BCUT2D eigenvalue weighted by Gasteiger charge is -2.34. The molecule has 6 bridgehead atoms. The number of aromatic nitrogens is 2. The minimum atomic E-state index is 0.0165. The summed E-state index contributed by atoms with van der Waals surface area (Å²) in [5, 5.41) is 7.13. The summed E-state index contributed by atoms with van der Waals surface area (Å²) >= 11 is 0. The normalized spacial score (nSPS) is 20.1. The van der Waals surface area contributed by atoms with Gasteiger partial charge in [0, 0.05) is 68.0 Å². The van der Waals surface area contributed by atoms with Gasteiger partial charge in [0.2, 0.25) is 11.9 Å². The molecule has 0 aliphatic carbocycles. The van der Waals surface area contributed by atoms with E-state index < -0.39 is 0 Å². The zero-order valence-electron chi connectivity index (χ0n) is 25.5. The van der Waals surface area contributed by atoms with Crippen molar-refractivity contribution in [3.05, 3.63) is 85.1 Å². The molecule has 5 rings (SSSR count). The number of quaternary nitrogens is 1. The van der Waals surface area contributed by atoms with Crippen LogP contribution in [0.2, 0.25) is 0 Å². The van der Waals surface area contributed by atoms with E-state index in [2.05, 4.69) is 71.4 Å². The first kappa shape index (κ1) is 30.3. The molecule has 9 heteroatoms. The third kappa shape index (κ3) is 8.43. The van der Waals surface area contributed by atoms with E-state index in [1.807, 2.05) is 35.2 Å². The van der Waals surface area contributed by atoms with Crippen molar-refractivity contribution >= 4 is 23.2 Å². The molecule has 2 aromatic carbocycles. The molecule has 2 N–H and O–H groups in total. The minimum absolute atomic E-state index is 0.0165. The molecule has 9 nitrogen and oxygen atoms in total. The van der Waals surface area contributed by atoms with Crippen molar-refractivity contribution in [1.29, 1.82) is 0 Å². The van der Waals surface area contributed by atoms with E-state index >= 15 is 0 Å². The van der Waals surface area contributed by atoms with E-state index in [4.69, 9.17) is 9.72 Å². The van der Waals surface area contributed by atoms with Gasteiger partial charge in [0.25, 0.3) is 0 Å². The molecule has 1 amide bonds. The number of hydrogen-bond donors (Lipinski definition) is 2. The van der Waals surface area contributed by atoms with Gasteiger partial charge in [-0.2, -0.15) is 0 Å². The molecule has 2 aliphatic rings. The van der Waals surface area contributed by atoms with Crippen molar-refractivity contribution in [2.75, 3.05) is 76.6 Å². The minimum Gasteiger partial charge on any atom is -0.493 e. The zero-order valence-corrected chi connectivity index (χ0v) is 25.5. The van der Waals surface area contributed by atoms with Crippen LogP contribution in [0.4, 0.5) is 17.3 Å². The first-order chi connectivity index (χ1) is 20.9. The lowest BCUT2D eigenvalue weighted by molar-refractivity contribution is -0.915. The molecular formula is C34H44N7O2+. The van der Waals surface area contributed by atoms with Crippen molar-refractivity contribution in [2.45, 2.75) is 19.9 Å². The first-order valence-corrected chi connectivity index (χ1v) is 15.3. The highest BCUT2D eigenvalue weighted by atomic mass is 16.5. The summed E-state index contributed by atoms with van der Waals surface area (Å²) < 4.78 is 6.92. The lowest BCUT2D eigenvalue weighted by Crippen LogP contribution is -2.49. The maximum absolute atomic E-state index is 11.9. The number of rotatable bonds is 6. The Morgan fingerprint density at radius 3 is 2.81 bits per heavy atom. The van der Waals surface area contributed by atoms with Crippen LogP contribution < -0.4 is 15.4 Å². The van der Waals surface area contributed by atoms with Crippen molar-refractivity contribution in [3.8, 4) is 17.0 Å². The highest BCUT2D eigenvalue weighted by Crippen LogP contribution is 2.27. The Labute approximate surface area is 255 Å². The number of carbonyl (C=O) groups is 1. The Morgan fingerprint density at radius 1 is 1.14 bits per heavy atom. The molecule has 1 unspecified atom stereocenters. The molecule has 1 saturated heterocycles. The van der Waals surface area contributed by atoms with Crippen molar-refractivity contribution in [3.63, 3.8) is 0 Å². The van der Waals surface area contributed by atoms with Crippen LogP contribution in [-0.4, -0.2) is 96.2 Å². The van der Waals surface area contributed by atoms with E-state index in [0.29, 0.717) is 12.6 Å². The fourth-order valence-corrected chi connectivity index (χ4v) is 5.53. The highest BCUT2D eigenvalue weighted by molar-refractivity contribution is 5.87. The molecule has 43 heavy (non-hydrogen) atoms. The number of nitrogens with one attached hydrogen (secondary N) is 2. The average molecular weight is 583 g/mol. The van der Waals surface area contributed by atoms with Gasteiger partial charge in [-0.25, -0.2) is 9.97 Å². The molecule has 2 aliphatic heterocycles. The summed E-state index contributed by atoms with van der Waals surface area (Å²) in [5.41, 5.74) is 5.08. The molecular weight excluding hydrogens is 538 g/mol. The van der Waals surface area contributed by atoms with Crippen LogP contribution in [-0.2, 0) is 11.3 Å². The van der Waals surface area contributed by atoms with Crippen LogP contribution in [0.3, 0.4) is 0 Å². The van der Waals surface area contributed by atoms with E-state index in [1.54, 1.807) is 6.20 Å². The van der Waals surface area contributed by atoms with Gasteiger partial charge in [-0.1, -0.05) is 24.8 Å². The molecule has 3 heterocycles. The predicted molar refractivity (Wildman–Crippen MR) is 173 cm³/mol. The monoisotopic (exact) mass is 582 g/mol. The second kappa shape index (κ2) is 14.3. The van der Waals surface area contributed by atoms with Crippen LogP contribution in [0, 0.1) is 0 Å². The molecule has 1 aromatic heterocycles. The maximum Gasteiger partial charge on any atom is 0.246 e. The number of benzene rings is 2. The number of carbonyl (C=O) groups excluding carboxylic acids is 1. The predicted octanol–water partition coefficient (Wildman–Crippen LogP) is 4.93. The second-order valence-electron chi connectivity index (χ2n) is 11.5. The van der Waals surface area contributed by atoms with Crippen molar-refractivity contribution in [2.24, 2.45) is 0 Å². The summed E-state index contributed by atoms with van der Waals surface area (Å²) in [6, 6.07) is 16.6. The SMILES string of the molecule is C=CC(=O)N1CCN(CCNc2cc3cc(c2)Nc2nccc(n2)-c2cccc(c2)OCC/C=C/C[N+](C)(CC)C3)CC1. The van der Waals surface area contributed by atoms with Crippen molar-refractivity contribution in [1.82, 2.24) is 19.8 Å². The Kier molecular flexibility index (Phi) is 10.1. The van der Waals surface area contributed by atoms with E-state index in [-0.39, 0.29) is 5.91 Å². The van der Waals surface area contributed by atoms with E-state index in [0.717, 1.165) is 98.2 Å². The number of amides is 1. The summed E-state index contributed by atoms with van der Waals surface area (Å²) in [4.78, 5) is 25.5. The quantitative estimate of drug-likeness (QED) is 0.242. The van der Waals surface area contributed by atoms with E-state index in [9.17, 15) is 4.79 Å². The smallest absolute Gasteiger partial charge is 0.246 e. The summed E-state index contributed by atoms with van der Waals surface area (Å²) in [6.45, 7) is 14.3. The van der Waals surface area contributed by atoms with Crippen LogP contribution in [0.1, 0.15) is 18.9 Å². The Hall–Kier alpha value is -4.21. The van der Waals surface area contributed by atoms with Gasteiger partial charge in [0.05, 0.1) is 32.4 Å². The second-order valence-corrected chi connectivity index (χ2v) is 11.5. The van der Waals surface area contributed by atoms with Gasteiger partial charge in [-0.3, -0.25) is 9.69 Å². The van der Waals surface area contributed by atoms with Gasteiger partial charge in [-0.05, 0) is 61.9 Å². The molecule has 0 spiro atoms. The average Bonchev–Trinajstić information content (AvgIpc) is 3.02. The van der Waals surface area contributed by atoms with Crippen LogP contribution in [0.15, 0.2) is 79.5 Å². The molecule has 3 aromatic rings. The number of ether oxygens (including phenoxy) is 1. The fourth-order valence-electron chi connectivity index (χ4n) is 5.53. The molecule has 0 radical (unpaired) electrons. The Balaban J connectivity index is 1.36. The standard InChI is InChI=1S/C34H44N7O2/c1-4-33(42)40-18-16-39(17-19-40)15-14-35-29-22-27-23-30(25-29)37-34-36-13-12-32(38-34)28-10-9-11-31(24-28)43-21-8-6-7-20-41(3,5-2)26-27/h4,6-7,9-13,22-25,35H,1,5,8,14-21,26H2,2-3H3,(H,36,37,38)/q+1/b7-6+. The lowest BCUT2D eigenvalue weighted by atomic mass is 10.1. The largest absolute Gasteiger partial charge is 0.493 e. The maximum atomic E-state index is 11.9. The van der Waals surface area contributed by atoms with Gasteiger partial charge in [0.15, 0.2) is 0 Å². The number of piperazine rings is 1. The summed E-state index contributed by atoms with van der Waals surface area (Å²) in [5.74, 6) is 1.41. The number of nitrogens with zero attached hydrogens (tertiary/aromatic N) is 5. The van der Waals surface area contributed by atoms with E-state index in [1.165, 1.54) is 11.6 Å². The van der Waals surface area contributed by atoms with Crippen LogP contribution in [0.5, 0.6) is 5.75 Å². The summed E-state index contributed by atoms with van der Waals surface area (Å²) in [7, 11) is 2.31. The van der Waals surface area contributed by atoms with Gasteiger partial charge in [0.1, 0.15) is 12.3 Å².